The summed E-state index contributed by atoms with van der Waals surface area (Å²) < 4.78 is 26.7. The van der Waals surface area contributed by atoms with Crippen molar-refractivity contribution in [2.75, 3.05) is 24.6 Å². The fourth-order valence-electron chi connectivity index (χ4n) is 2.18. The highest BCUT2D eigenvalue weighted by Crippen LogP contribution is 2.24. The average Bonchev–Trinajstić information content (AvgIpc) is 2.47. The fraction of sp³-hybridized carbons (Fsp3) is 0.308. The van der Waals surface area contributed by atoms with Gasteiger partial charge in [-0.2, -0.15) is 16.1 Å². The number of halogens is 1. The third-order valence-corrected chi connectivity index (χ3v) is 6.28. The molecule has 0 N–H and O–H groups in total. The Morgan fingerprint density at radius 1 is 1.15 bits per heavy atom. The van der Waals surface area contributed by atoms with Gasteiger partial charge in [-0.15, -0.1) is 0 Å². The van der Waals surface area contributed by atoms with Crippen LogP contribution in [0, 0.1) is 0 Å². The lowest BCUT2D eigenvalue weighted by Crippen LogP contribution is -2.37. The van der Waals surface area contributed by atoms with E-state index in [4.69, 9.17) is 11.6 Å². The Morgan fingerprint density at radius 2 is 1.90 bits per heavy atom. The third-order valence-electron chi connectivity index (χ3n) is 3.23. The second kappa shape index (κ2) is 5.52. The first kappa shape index (κ1) is 14.1. The van der Waals surface area contributed by atoms with Crippen molar-refractivity contribution in [1.29, 1.82) is 0 Å². The summed E-state index contributed by atoms with van der Waals surface area (Å²) in [5.41, 5.74) is 0.700. The molecule has 2 aromatic rings. The molecule has 106 valence electrons. The van der Waals surface area contributed by atoms with Crippen LogP contribution < -0.4 is 0 Å². The Labute approximate surface area is 127 Å². The summed E-state index contributed by atoms with van der Waals surface area (Å²) in [5.74, 6) is 1.70. The monoisotopic (exact) mass is 328 g/mol. The van der Waals surface area contributed by atoms with Crippen LogP contribution in [0.2, 0.25) is 5.15 Å². The van der Waals surface area contributed by atoms with Crippen LogP contribution in [0.3, 0.4) is 0 Å². The standard InChI is InChI=1S/C13H13ClN2O2S2/c14-13-4-1-10-9-11(2-3-12(10)15-13)20(17,18)16-5-7-19-8-6-16/h1-4,9H,5-8H2. The summed E-state index contributed by atoms with van der Waals surface area (Å²) in [7, 11) is -3.40. The molecule has 0 unspecified atom stereocenters. The van der Waals surface area contributed by atoms with Gasteiger partial charge in [-0.05, 0) is 30.3 Å². The summed E-state index contributed by atoms with van der Waals surface area (Å²) in [6.07, 6.45) is 0. The van der Waals surface area contributed by atoms with Crippen molar-refractivity contribution in [3.8, 4) is 0 Å². The molecule has 0 saturated carbocycles. The maximum absolute atomic E-state index is 12.6. The van der Waals surface area contributed by atoms with Crippen LogP contribution in [0.25, 0.3) is 10.9 Å². The summed E-state index contributed by atoms with van der Waals surface area (Å²) in [5, 5.41) is 1.18. The highest BCUT2D eigenvalue weighted by atomic mass is 35.5. The van der Waals surface area contributed by atoms with Crippen LogP contribution in [-0.2, 0) is 10.0 Å². The Bertz CT molecular complexity index is 743. The zero-order valence-electron chi connectivity index (χ0n) is 10.6. The van der Waals surface area contributed by atoms with Gasteiger partial charge in [0.2, 0.25) is 10.0 Å². The number of rotatable bonds is 2. The number of fused-ring (bicyclic) bond motifs is 1. The summed E-state index contributed by atoms with van der Waals surface area (Å²) in [6, 6.07) is 8.42. The van der Waals surface area contributed by atoms with E-state index in [2.05, 4.69) is 4.98 Å². The zero-order chi connectivity index (χ0) is 14.2. The van der Waals surface area contributed by atoms with E-state index in [9.17, 15) is 8.42 Å². The third kappa shape index (κ3) is 2.65. The number of thioether (sulfide) groups is 1. The average molecular weight is 329 g/mol. The SMILES string of the molecule is O=S(=O)(c1ccc2nc(Cl)ccc2c1)N1CCSCC1. The molecule has 0 atom stereocenters. The number of pyridine rings is 1. The number of aromatic nitrogens is 1. The van der Waals surface area contributed by atoms with Gasteiger partial charge in [0, 0.05) is 30.0 Å². The molecule has 1 fully saturated rings. The molecular weight excluding hydrogens is 316 g/mol. The summed E-state index contributed by atoms with van der Waals surface area (Å²) in [6.45, 7) is 1.15. The van der Waals surface area contributed by atoms with Gasteiger partial charge in [-0.25, -0.2) is 13.4 Å². The van der Waals surface area contributed by atoms with Gasteiger partial charge >= 0.3 is 0 Å². The molecular formula is C13H13ClN2O2S2. The van der Waals surface area contributed by atoms with Gasteiger partial charge < -0.3 is 0 Å². The molecule has 0 spiro atoms. The van der Waals surface area contributed by atoms with E-state index >= 15 is 0 Å². The Hall–Kier alpha value is -0.820. The van der Waals surface area contributed by atoms with Gasteiger partial charge in [-0.3, -0.25) is 0 Å². The van der Waals surface area contributed by atoms with Crippen molar-refractivity contribution in [2.45, 2.75) is 4.90 Å². The van der Waals surface area contributed by atoms with Crippen molar-refractivity contribution < 1.29 is 8.42 Å². The van der Waals surface area contributed by atoms with Crippen LogP contribution in [0.15, 0.2) is 35.2 Å². The first-order valence-electron chi connectivity index (χ1n) is 6.21. The van der Waals surface area contributed by atoms with Crippen molar-refractivity contribution in [3.05, 3.63) is 35.5 Å². The molecule has 1 saturated heterocycles. The van der Waals surface area contributed by atoms with Crippen LogP contribution in [0.4, 0.5) is 0 Å². The zero-order valence-corrected chi connectivity index (χ0v) is 13.0. The predicted octanol–water partition coefficient (Wildman–Crippen LogP) is 2.63. The lowest BCUT2D eigenvalue weighted by Gasteiger charge is -2.25. The van der Waals surface area contributed by atoms with E-state index < -0.39 is 10.0 Å². The van der Waals surface area contributed by atoms with E-state index in [1.165, 1.54) is 0 Å². The molecule has 2 heterocycles. The molecule has 1 aliphatic rings. The molecule has 4 nitrogen and oxygen atoms in total. The van der Waals surface area contributed by atoms with Gasteiger partial charge in [0.05, 0.1) is 10.4 Å². The second-order valence-corrected chi connectivity index (χ2v) is 8.05. The summed E-state index contributed by atoms with van der Waals surface area (Å²) >= 11 is 7.61. The topological polar surface area (TPSA) is 50.3 Å². The summed E-state index contributed by atoms with van der Waals surface area (Å²) in [4.78, 5) is 4.49. The predicted molar refractivity (Wildman–Crippen MR) is 82.8 cm³/mol. The van der Waals surface area contributed by atoms with Crippen LogP contribution in [-0.4, -0.2) is 42.3 Å². The first-order chi connectivity index (χ1) is 9.57. The Balaban J connectivity index is 2.02. The van der Waals surface area contributed by atoms with Gasteiger partial charge in [0.25, 0.3) is 0 Å². The highest BCUT2D eigenvalue weighted by Gasteiger charge is 2.26. The van der Waals surface area contributed by atoms with Crippen molar-refractivity contribution in [3.63, 3.8) is 0 Å². The quantitative estimate of drug-likeness (QED) is 0.795. The van der Waals surface area contributed by atoms with Crippen molar-refractivity contribution in [2.24, 2.45) is 0 Å². The van der Waals surface area contributed by atoms with Gasteiger partial charge in [0.15, 0.2) is 0 Å². The second-order valence-electron chi connectivity index (χ2n) is 4.50. The fourth-order valence-corrected chi connectivity index (χ4v) is 4.94. The van der Waals surface area contributed by atoms with Crippen LogP contribution in [0.1, 0.15) is 0 Å². The van der Waals surface area contributed by atoms with E-state index in [1.54, 1.807) is 46.4 Å². The number of hydrogen-bond acceptors (Lipinski definition) is 4. The molecule has 0 aliphatic carbocycles. The Kier molecular flexibility index (Phi) is 3.90. The molecule has 3 rings (SSSR count). The molecule has 0 radical (unpaired) electrons. The van der Waals surface area contributed by atoms with Crippen LogP contribution in [0.5, 0.6) is 0 Å². The number of benzene rings is 1. The molecule has 20 heavy (non-hydrogen) atoms. The number of hydrogen-bond donors (Lipinski definition) is 0. The van der Waals surface area contributed by atoms with Crippen molar-refractivity contribution >= 4 is 44.3 Å². The lowest BCUT2D eigenvalue weighted by atomic mass is 10.2. The minimum atomic E-state index is -3.40. The first-order valence-corrected chi connectivity index (χ1v) is 9.19. The maximum Gasteiger partial charge on any atom is 0.243 e. The minimum absolute atomic E-state index is 0.320. The molecule has 0 amide bonds. The largest absolute Gasteiger partial charge is 0.243 e. The lowest BCUT2D eigenvalue weighted by molar-refractivity contribution is 0.443. The highest BCUT2D eigenvalue weighted by molar-refractivity contribution is 7.99. The maximum atomic E-state index is 12.6. The molecule has 0 bridgehead atoms. The van der Waals surface area contributed by atoms with E-state index in [0.717, 1.165) is 16.9 Å². The van der Waals surface area contributed by atoms with E-state index in [-0.39, 0.29) is 0 Å². The minimum Gasteiger partial charge on any atom is -0.236 e. The van der Waals surface area contributed by atoms with Gasteiger partial charge in [-0.1, -0.05) is 11.6 Å². The normalized spacial score (nSPS) is 17.4. The number of nitrogens with zero attached hydrogens (tertiary/aromatic N) is 2. The molecule has 1 aliphatic heterocycles. The smallest absolute Gasteiger partial charge is 0.236 e. The number of sulfonamides is 1. The van der Waals surface area contributed by atoms with Crippen LogP contribution >= 0.6 is 23.4 Å². The molecule has 1 aromatic heterocycles. The van der Waals surface area contributed by atoms with E-state index in [0.29, 0.717) is 28.7 Å². The van der Waals surface area contributed by atoms with E-state index in [1.807, 2.05) is 0 Å². The molecule has 7 heteroatoms. The Morgan fingerprint density at radius 3 is 2.65 bits per heavy atom. The van der Waals surface area contributed by atoms with Crippen molar-refractivity contribution in [1.82, 2.24) is 9.29 Å². The van der Waals surface area contributed by atoms with Gasteiger partial charge in [0.1, 0.15) is 5.15 Å². The molecule has 1 aromatic carbocycles.